The van der Waals surface area contributed by atoms with Crippen molar-refractivity contribution in [2.75, 3.05) is 28.4 Å². The van der Waals surface area contributed by atoms with Crippen LogP contribution >= 0.6 is 0 Å². The number of non-ortho nitro benzene ring substituents is 1. The van der Waals surface area contributed by atoms with Gasteiger partial charge in [0.25, 0.3) is 5.69 Å². The minimum atomic E-state index is -0.716. The van der Waals surface area contributed by atoms with Gasteiger partial charge in [-0.15, -0.1) is 0 Å². The summed E-state index contributed by atoms with van der Waals surface area (Å²) in [4.78, 5) is 23.6. The number of carbonyl (C=O) groups excluding carboxylic acids is 1. The summed E-state index contributed by atoms with van der Waals surface area (Å²) >= 11 is 0. The number of ether oxygens (including phenoxy) is 4. The Morgan fingerprint density at radius 3 is 2.19 bits per heavy atom. The summed E-state index contributed by atoms with van der Waals surface area (Å²) in [6, 6.07) is 7.99. The number of nitrogens with zero attached hydrogens (tertiary/aromatic N) is 1. The second kappa shape index (κ2) is 6.99. The highest BCUT2D eigenvalue weighted by atomic mass is 16.6. The second-order valence-corrected chi connectivity index (χ2v) is 5.61. The van der Waals surface area contributed by atoms with E-state index in [1.165, 1.54) is 40.6 Å². The summed E-state index contributed by atoms with van der Waals surface area (Å²) in [5, 5.41) is 13.4. The van der Waals surface area contributed by atoms with Gasteiger partial charge in [-0.3, -0.25) is 10.1 Å². The van der Waals surface area contributed by atoms with Crippen LogP contribution in [0.4, 0.5) is 5.69 Å². The molecule has 0 aromatic heterocycles. The van der Waals surface area contributed by atoms with E-state index in [2.05, 4.69) is 0 Å². The van der Waals surface area contributed by atoms with Crippen molar-refractivity contribution in [3.8, 4) is 17.2 Å². The first kappa shape index (κ1) is 18.2. The van der Waals surface area contributed by atoms with Gasteiger partial charge in [-0.2, -0.15) is 0 Å². The van der Waals surface area contributed by atoms with Crippen LogP contribution in [0.25, 0.3) is 21.5 Å². The minimum Gasteiger partial charge on any atom is -0.496 e. The summed E-state index contributed by atoms with van der Waals surface area (Å²) in [6.07, 6.45) is 0. The highest BCUT2D eigenvalue weighted by Crippen LogP contribution is 2.47. The molecule has 0 aliphatic rings. The lowest BCUT2D eigenvalue weighted by Crippen LogP contribution is -2.06. The van der Waals surface area contributed by atoms with Crippen molar-refractivity contribution in [3.05, 3.63) is 46.0 Å². The van der Waals surface area contributed by atoms with Crippen LogP contribution in [-0.4, -0.2) is 39.3 Å². The maximum atomic E-state index is 12.4. The van der Waals surface area contributed by atoms with E-state index in [0.717, 1.165) is 0 Å². The molecule has 0 radical (unpaired) electrons. The van der Waals surface area contributed by atoms with Crippen molar-refractivity contribution >= 4 is 33.2 Å². The van der Waals surface area contributed by atoms with Crippen molar-refractivity contribution < 1.29 is 28.7 Å². The lowest BCUT2D eigenvalue weighted by molar-refractivity contribution is -0.383. The van der Waals surface area contributed by atoms with E-state index in [-0.39, 0.29) is 28.1 Å². The highest BCUT2D eigenvalue weighted by Gasteiger charge is 2.28. The summed E-state index contributed by atoms with van der Waals surface area (Å²) < 4.78 is 21.0. The molecule has 140 valence electrons. The van der Waals surface area contributed by atoms with Crippen LogP contribution in [-0.2, 0) is 4.74 Å². The van der Waals surface area contributed by atoms with E-state index in [9.17, 15) is 14.9 Å². The summed E-state index contributed by atoms with van der Waals surface area (Å²) in [6.45, 7) is 0. The Morgan fingerprint density at radius 1 is 0.926 bits per heavy atom. The molecule has 8 heteroatoms. The fourth-order valence-electron chi connectivity index (χ4n) is 3.23. The monoisotopic (exact) mass is 371 g/mol. The number of esters is 1. The summed E-state index contributed by atoms with van der Waals surface area (Å²) in [5.41, 5.74) is -0.245. The third kappa shape index (κ3) is 2.75. The summed E-state index contributed by atoms with van der Waals surface area (Å²) in [5.74, 6) is 0.283. The molecule has 0 amide bonds. The van der Waals surface area contributed by atoms with Crippen molar-refractivity contribution in [2.24, 2.45) is 0 Å². The molecule has 0 saturated carbocycles. The molecular formula is C19H17NO7. The smallest absolute Gasteiger partial charge is 0.338 e. The van der Waals surface area contributed by atoms with Gasteiger partial charge in [-0.05, 0) is 17.5 Å². The standard InChI is InChI=1S/C19H17NO7/c1-24-14-7-5-6-10-11(14)8-13(20(22)23)16-12(19(21)27-4)9-15(25-2)18(26-3)17(10)16/h5-9H,1-4H3. The summed E-state index contributed by atoms with van der Waals surface area (Å²) in [7, 11) is 5.54. The lowest BCUT2D eigenvalue weighted by atomic mass is 9.94. The fraction of sp³-hybridized carbons (Fsp3) is 0.211. The number of fused-ring (bicyclic) bond motifs is 3. The zero-order chi connectivity index (χ0) is 19.7. The van der Waals surface area contributed by atoms with Crippen LogP contribution < -0.4 is 14.2 Å². The Morgan fingerprint density at radius 2 is 1.63 bits per heavy atom. The highest BCUT2D eigenvalue weighted by molar-refractivity contribution is 6.22. The van der Waals surface area contributed by atoms with E-state index >= 15 is 0 Å². The fourth-order valence-corrected chi connectivity index (χ4v) is 3.23. The SMILES string of the molecule is COC(=O)c1cc(OC)c(OC)c2c1c([N+](=O)[O-])cc1c(OC)cccc12. The Bertz CT molecular complexity index is 1080. The van der Waals surface area contributed by atoms with E-state index in [1.54, 1.807) is 18.2 Å². The molecular weight excluding hydrogens is 354 g/mol. The number of hydrogen-bond donors (Lipinski definition) is 0. The average Bonchev–Trinajstić information content (AvgIpc) is 2.70. The predicted octanol–water partition coefficient (Wildman–Crippen LogP) is 3.71. The quantitative estimate of drug-likeness (QED) is 0.292. The molecule has 3 aromatic carbocycles. The number of nitro benzene ring substituents is 1. The number of methoxy groups -OCH3 is 4. The molecule has 0 bridgehead atoms. The van der Waals surface area contributed by atoms with E-state index in [0.29, 0.717) is 21.9 Å². The molecule has 0 spiro atoms. The van der Waals surface area contributed by atoms with Gasteiger partial charge in [-0.25, -0.2) is 4.79 Å². The molecule has 0 aliphatic carbocycles. The number of hydrogen-bond acceptors (Lipinski definition) is 7. The van der Waals surface area contributed by atoms with Gasteiger partial charge in [0.15, 0.2) is 11.5 Å². The van der Waals surface area contributed by atoms with Crippen molar-refractivity contribution in [1.29, 1.82) is 0 Å². The molecule has 0 aliphatic heterocycles. The average molecular weight is 371 g/mol. The second-order valence-electron chi connectivity index (χ2n) is 5.61. The van der Waals surface area contributed by atoms with E-state index in [1.807, 2.05) is 0 Å². The first-order valence-corrected chi connectivity index (χ1v) is 7.89. The van der Waals surface area contributed by atoms with Crippen LogP contribution in [0.3, 0.4) is 0 Å². The van der Waals surface area contributed by atoms with Gasteiger partial charge < -0.3 is 18.9 Å². The van der Waals surface area contributed by atoms with Gasteiger partial charge in [0.05, 0.1) is 44.3 Å². The van der Waals surface area contributed by atoms with Gasteiger partial charge >= 0.3 is 5.97 Å². The van der Waals surface area contributed by atoms with Crippen LogP contribution in [0, 0.1) is 10.1 Å². The molecule has 0 fully saturated rings. The van der Waals surface area contributed by atoms with Crippen LogP contribution in [0.15, 0.2) is 30.3 Å². The number of nitro groups is 1. The molecule has 0 heterocycles. The number of rotatable bonds is 5. The third-order valence-corrected chi connectivity index (χ3v) is 4.36. The number of carbonyl (C=O) groups is 1. The van der Waals surface area contributed by atoms with Crippen LogP contribution in [0.2, 0.25) is 0 Å². The van der Waals surface area contributed by atoms with Crippen molar-refractivity contribution in [3.63, 3.8) is 0 Å². The zero-order valence-electron chi connectivity index (χ0n) is 15.2. The Hall–Kier alpha value is -3.55. The minimum absolute atomic E-state index is 0.0153. The molecule has 0 unspecified atom stereocenters. The topological polar surface area (TPSA) is 97.1 Å². The maximum absolute atomic E-state index is 12.4. The van der Waals surface area contributed by atoms with Gasteiger partial charge in [0.2, 0.25) is 0 Å². The molecule has 3 rings (SSSR count). The van der Waals surface area contributed by atoms with Gasteiger partial charge in [0.1, 0.15) is 5.75 Å². The zero-order valence-corrected chi connectivity index (χ0v) is 15.2. The number of benzene rings is 3. The van der Waals surface area contributed by atoms with Crippen molar-refractivity contribution in [1.82, 2.24) is 0 Å². The molecule has 8 nitrogen and oxygen atoms in total. The van der Waals surface area contributed by atoms with Crippen LogP contribution in [0.5, 0.6) is 17.2 Å². The van der Waals surface area contributed by atoms with Crippen LogP contribution in [0.1, 0.15) is 10.4 Å². The van der Waals surface area contributed by atoms with Gasteiger partial charge in [-0.1, -0.05) is 12.1 Å². The molecule has 27 heavy (non-hydrogen) atoms. The van der Waals surface area contributed by atoms with E-state index < -0.39 is 10.9 Å². The van der Waals surface area contributed by atoms with Gasteiger partial charge in [0, 0.05) is 16.8 Å². The van der Waals surface area contributed by atoms with E-state index in [4.69, 9.17) is 18.9 Å². The largest absolute Gasteiger partial charge is 0.496 e. The Labute approximate surface area is 154 Å². The van der Waals surface area contributed by atoms with Crippen molar-refractivity contribution in [2.45, 2.75) is 0 Å². The Balaban J connectivity index is 2.70. The molecule has 0 atom stereocenters. The normalized spacial score (nSPS) is 10.7. The first-order valence-electron chi connectivity index (χ1n) is 7.89. The third-order valence-electron chi connectivity index (χ3n) is 4.36. The molecule has 3 aromatic rings. The lowest BCUT2D eigenvalue weighted by Gasteiger charge is -2.16. The Kier molecular flexibility index (Phi) is 4.72. The molecule has 0 N–H and O–H groups in total. The molecule has 0 saturated heterocycles. The first-order chi connectivity index (χ1) is 13.0. The maximum Gasteiger partial charge on any atom is 0.338 e. The predicted molar refractivity (Wildman–Crippen MR) is 99.1 cm³/mol.